The Bertz CT molecular complexity index is 347. The van der Waals surface area contributed by atoms with Crippen molar-refractivity contribution in [1.29, 1.82) is 0 Å². The van der Waals surface area contributed by atoms with Crippen LogP contribution in [0.25, 0.3) is 0 Å². The fraction of sp³-hybridized carbons (Fsp3) is 0.571. The fourth-order valence-corrected chi connectivity index (χ4v) is 2.14. The molecule has 4 heteroatoms. The van der Waals surface area contributed by atoms with E-state index in [-0.39, 0.29) is 0 Å². The lowest BCUT2D eigenvalue weighted by molar-refractivity contribution is 0.0343. The first-order chi connectivity index (χ1) is 8.74. The number of aromatic hydroxyl groups is 1. The maximum atomic E-state index is 9.21. The van der Waals surface area contributed by atoms with Gasteiger partial charge in [-0.2, -0.15) is 0 Å². The minimum Gasteiger partial charge on any atom is -0.508 e. The predicted octanol–water partition coefficient (Wildman–Crippen LogP) is 1.20. The molecule has 0 saturated carbocycles. The minimum absolute atomic E-state index is 0.320. The van der Waals surface area contributed by atoms with Gasteiger partial charge in [0.15, 0.2) is 0 Å². The molecule has 1 fully saturated rings. The Morgan fingerprint density at radius 3 is 2.61 bits per heavy atom. The molecule has 1 aromatic carbocycles. The molecule has 0 amide bonds. The summed E-state index contributed by atoms with van der Waals surface area (Å²) in [5.74, 6) is 0.320. The van der Waals surface area contributed by atoms with Crippen molar-refractivity contribution in [1.82, 2.24) is 10.2 Å². The lowest BCUT2D eigenvalue weighted by atomic mass is 10.2. The Morgan fingerprint density at radius 2 is 1.94 bits per heavy atom. The van der Waals surface area contributed by atoms with Crippen molar-refractivity contribution < 1.29 is 9.84 Å². The van der Waals surface area contributed by atoms with Crippen LogP contribution >= 0.6 is 0 Å². The number of morpholine rings is 1. The molecule has 18 heavy (non-hydrogen) atoms. The van der Waals surface area contributed by atoms with E-state index in [9.17, 15) is 5.11 Å². The van der Waals surface area contributed by atoms with E-state index in [4.69, 9.17) is 4.74 Å². The summed E-state index contributed by atoms with van der Waals surface area (Å²) in [7, 11) is 0. The predicted molar refractivity (Wildman–Crippen MR) is 71.7 cm³/mol. The molecule has 0 spiro atoms. The molecule has 2 rings (SSSR count). The van der Waals surface area contributed by atoms with Gasteiger partial charge in [-0.3, -0.25) is 4.90 Å². The van der Waals surface area contributed by atoms with Gasteiger partial charge >= 0.3 is 0 Å². The maximum Gasteiger partial charge on any atom is 0.115 e. The molecule has 0 aliphatic carbocycles. The number of phenolic OH excluding ortho intramolecular Hbond substituents is 1. The first-order valence-electron chi connectivity index (χ1n) is 6.55. The van der Waals surface area contributed by atoms with Crippen LogP contribution in [0.1, 0.15) is 12.5 Å². The van der Waals surface area contributed by atoms with Crippen LogP contribution in [0.2, 0.25) is 0 Å². The second-order valence-corrected chi connectivity index (χ2v) is 4.86. The highest BCUT2D eigenvalue weighted by molar-refractivity contribution is 5.25. The molecule has 0 aromatic heterocycles. The van der Waals surface area contributed by atoms with Gasteiger partial charge in [-0.15, -0.1) is 0 Å². The number of ether oxygens (including phenoxy) is 1. The van der Waals surface area contributed by atoms with Crippen LogP contribution in [0, 0.1) is 0 Å². The van der Waals surface area contributed by atoms with Crippen LogP contribution in [0.15, 0.2) is 24.3 Å². The zero-order chi connectivity index (χ0) is 12.8. The topological polar surface area (TPSA) is 44.7 Å². The molecule has 1 atom stereocenters. The number of hydrogen-bond donors (Lipinski definition) is 2. The van der Waals surface area contributed by atoms with Crippen LogP contribution in [0.5, 0.6) is 5.75 Å². The fourth-order valence-electron chi connectivity index (χ4n) is 2.14. The summed E-state index contributed by atoms with van der Waals surface area (Å²) in [6, 6.07) is 7.80. The van der Waals surface area contributed by atoms with Gasteiger partial charge in [0, 0.05) is 32.2 Å². The van der Waals surface area contributed by atoms with Crippen molar-refractivity contribution >= 4 is 0 Å². The molecule has 1 aromatic rings. The summed E-state index contributed by atoms with van der Waals surface area (Å²) in [4.78, 5) is 2.43. The maximum absolute atomic E-state index is 9.21. The average molecular weight is 250 g/mol. The molecule has 2 N–H and O–H groups in total. The average Bonchev–Trinajstić information content (AvgIpc) is 2.39. The summed E-state index contributed by atoms with van der Waals surface area (Å²) in [5, 5.41) is 12.7. The molecular weight excluding hydrogens is 228 g/mol. The Labute approximate surface area is 109 Å². The van der Waals surface area contributed by atoms with E-state index < -0.39 is 0 Å². The van der Waals surface area contributed by atoms with Crippen LogP contribution < -0.4 is 5.32 Å². The van der Waals surface area contributed by atoms with Crippen LogP contribution in [0.4, 0.5) is 0 Å². The van der Waals surface area contributed by atoms with E-state index in [2.05, 4.69) is 17.1 Å². The lowest BCUT2D eigenvalue weighted by Crippen LogP contribution is -2.44. The van der Waals surface area contributed by atoms with E-state index in [1.54, 1.807) is 12.1 Å². The third-order valence-electron chi connectivity index (χ3n) is 3.23. The molecule has 1 unspecified atom stereocenters. The first-order valence-corrected chi connectivity index (χ1v) is 6.55. The summed E-state index contributed by atoms with van der Waals surface area (Å²) < 4.78 is 5.34. The number of nitrogens with zero attached hydrogens (tertiary/aromatic N) is 1. The van der Waals surface area contributed by atoms with Crippen molar-refractivity contribution in [3.8, 4) is 5.75 Å². The number of benzene rings is 1. The highest BCUT2D eigenvalue weighted by Crippen LogP contribution is 2.09. The molecule has 1 heterocycles. The van der Waals surface area contributed by atoms with Crippen LogP contribution in [-0.4, -0.2) is 48.9 Å². The van der Waals surface area contributed by atoms with Crippen LogP contribution in [0.3, 0.4) is 0 Å². The number of phenols is 1. The minimum atomic E-state index is 0.320. The second kappa shape index (κ2) is 6.73. The van der Waals surface area contributed by atoms with Gasteiger partial charge in [0.05, 0.1) is 13.2 Å². The number of hydrogen-bond acceptors (Lipinski definition) is 4. The van der Waals surface area contributed by atoms with Gasteiger partial charge < -0.3 is 15.2 Å². The van der Waals surface area contributed by atoms with Gasteiger partial charge in [0.2, 0.25) is 0 Å². The highest BCUT2D eigenvalue weighted by atomic mass is 16.5. The van der Waals surface area contributed by atoms with Gasteiger partial charge in [-0.05, 0) is 24.6 Å². The summed E-state index contributed by atoms with van der Waals surface area (Å²) in [6.45, 7) is 7.87. The van der Waals surface area contributed by atoms with Crippen molar-refractivity contribution in [3.05, 3.63) is 29.8 Å². The summed E-state index contributed by atoms with van der Waals surface area (Å²) in [6.07, 6.45) is 0. The van der Waals surface area contributed by atoms with E-state index in [0.29, 0.717) is 11.8 Å². The Kier molecular flexibility index (Phi) is 4.99. The van der Waals surface area contributed by atoms with Gasteiger partial charge in [-0.1, -0.05) is 12.1 Å². The van der Waals surface area contributed by atoms with E-state index in [1.165, 1.54) is 5.56 Å². The largest absolute Gasteiger partial charge is 0.508 e. The Hall–Kier alpha value is -1.10. The number of nitrogens with one attached hydrogen (secondary N) is 1. The first kappa shape index (κ1) is 13.3. The summed E-state index contributed by atoms with van der Waals surface area (Å²) >= 11 is 0. The normalized spacial score (nSPS) is 18.7. The molecule has 1 aliphatic heterocycles. The SMILES string of the molecule is CC(CN1CCOCC1)NCc1ccc(O)cc1. The molecule has 100 valence electrons. The van der Waals surface area contributed by atoms with Gasteiger partial charge in [0.25, 0.3) is 0 Å². The third kappa shape index (κ3) is 4.29. The third-order valence-corrected chi connectivity index (χ3v) is 3.23. The molecular formula is C14H22N2O2. The molecule has 4 nitrogen and oxygen atoms in total. The van der Waals surface area contributed by atoms with Crippen molar-refractivity contribution in [2.75, 3.05) is 32.8 Å². The van der Waals surface area contributed by atoms with Crippen molar-refractivity contribution in [2.24, 2.45) is 0 Å². The monoisotopic (exact) mass is 250 g/mol. The second-order valence-electron chi connectivity index (χ2n) is 4.86. The van der Waals surface area contributed by atoms with Gasteiger partial charge in [0.1, 0.15) is 5.75 Å². The van der Waals surface area contributed by atoms with E-state index >= 15 is 0 Å². The smallest absolute Gasteiger partial charge is 0.115 e. The van der Waals surface area contributed by atoms with Crippen molar-refractivity contribution in [2.45, 2.75) is 19.5 Å². The molecule has 0 radical (unpaired) electrons. The van der Waals surface area contributed by atoms with Gasteiger partial charge in [-0.25, -0.2) is 0 Å². The van der Waals surface area contributed by atoms with Crippen molar-refractivity contribution in [3.63, 3.8) is 0 Å². The lowest BCUT2D eigenvalue weighted by Gasteiger charge is -2.29. The molecule has 1 saturated heterocycles. The molecule has 0 bridgehead atoms. The number of rotatable bonds is 5. The zero-order valence-electron chi connectivity index (χ0n) is 10.9. The Morgan fingerprint density at radius 1 is 1.28 bits per heavy atom. The van der Waals surface area contributed by atoms with E-state index in [1.807, 2.05) is 12.1 Å². The quantitative estimate of drug-likeness (QED) is 0.824. The standard InChI is InChI=1S/C14H22N2O2/c1-12(11-16-6-8-18-9-7-16)15-10-13-2-4-14(17)5-3-13/h2-5,12,15,17H,6-11H2,1H3. The Balaban J connectivity index is 1.70. The van der Waals surface area contributed by atoms with E-state index in [0.717, 1.165) is 39.4 Å². The van der Waals surface area contributed by atoms with Crippen LogP contribution in [-0.2, 0) is 11.3 Å². The zero-order valence-corrected chi connectivity index (χ0v) is 10.9. The highest BCUT2D eigenvalue weighted by Gasteiger charge is 2.13. The summed E-state index contributed by atoms with van der Waals surface area (Å²) in [5.41, 5.74) is 1.20. The molecule has 1 aliphatic rings.